The fraction of sp³-hybridized carbons (Fsp3) is 0.333. The van der Waals surface area contributed by atoms with Crippen LogP contribution in [0.3, 0.4) is 0 Å². The molecule has 1 aromatic heterocycles. The van der Waals surface area contributed by atoms with Gasteiger partial charge in [-0.3, -0.25) is 4.84 Å². The van der Waals surface area contributed by atoms with Gasteiger partial charge in [0.2, 0.25) is 11.8 Å². The van der Waals surface area contributed by atoms with Gasteiger partial charge in [-0.05, 0) is 6.92 Å². The minimum Gasteiger partial charge on any atom is -0.492 e. The fourth-order valence-electron chi connectivity index (χ4n) is 0.921. The molecule has 1 heterocycles. The maximum Gasteiger partial charge on any atom is 0.534 e. The summed E-state index contributed by atoms with van der Waals surface area (Å²) in [4.78, 5) is 18.6. The number of carbonyl (C=O) groups excluding carboxylic acids is 1. The Morgan fingerprint density at radius 3 is 2.62 bits per heavy atom. The molecule has 16 heavy (non-hydrogen) atoms. The second kappa shape index (κ2) is 4.93. The van der Waals surface area contributed by atoms with Crippen molar-refractivity contribution in [2.24, 2.45) is 0 Å². The minimum absolute atomic E-state index is 0.0126. The van der Waals surface area contributed by atoms with Crippen LogP contribution in [0.2, 0.25) is 0 Å². The SMILES string of the molecule is [C-]#[N+]CC(C)OC(=O)On1c(O)ccc1O. The van der Waals surface area contributed by atoms with Crippen LogP contribution in [0.5, 0.6) is 11.8 Å². The molecule has 0 aromatic carbocycles. The van der Waals surface area contributed by atoms with Crippen molar-refractivity contribution in [3.8, 4) is 11.8 Å². The van der Waals surface area contributed by atoms with E-state index in [9.17, 15) is 4.79 Å². The third-order valence-corrected chi connectivity index (χ3v) is 1.61. The number of hydrogen-bond acceptors (Lipinski definition) is 5. The van der Waals surface area contributed by atoms with Crippen molar-refractivity contribution >= 4 is 6.16 Å². The molecular formula is C9H10N2O5. The van der Waals surface area contributed by atoms with Gasteiger partial charge in [-0.1, -0.05) is 0 Å². The normalized spacial score (nSPS) is 11.5. The summed E-state index contributed by atoms with van der Waals surface area (Å²) in [5, 5.41) is 18.3. The Morgan fingerprint density at radius 1 is 1.56 bits per heavy atom. The van der Waals surface area contributed by atoms with Crippen LogP contribution in [-0.2, 0) is 4.74 Å². The van der Waals surface area contributed by atoms with Crippen molar-refractivity contribution in [1.29, 1.82) is 0 Å². The topological polar surface area (TPSA) is 85.3 Å². The maximum atomic E-state index is 11.1. The van der Waals surface area contributed by atoms with E-state index in [-0.39, 0.29) is 6.54 Å². The van der Waals surface area contributed by atoms with Gasteiger partial charge in [0, 0.05) is 12.1 Å². The average Bonchev–Trinajstić information content (AvgIpc) is 2.49. The highest BCUT2D eigenvalue weighted by Crippen LogP contribution is 2.18. The Hall–Kier alpha value is -2.36. The zero-order valence-corrected chi connectivity index (χ0v) is 8.45. The molecule has 0 aliphatic rings. The number of aromatic nitrogens is 1. The van der Waals surface area contributed by atoms with Crippen molar-refractivity contribution in [3.05, 3.63) is 23.5 Å². The summed E-state index contributed by atoms with van der Waals surface area (Å²) in [6, 6.07) is 2.29. The molecule has 0 radical (unpaired) electrons. The molecule has 1 aromatic rings. The molecule has 1 rings (SSSR count). The molecule has 1 unspecified atom stereocenters. The van der Waals surface area contributed by atoms with Gasteiger partial charge in [-0.25, -0.2) is 11.4 Å². The minimum atomic E-state index is -1.11. The average molecular weight is 226 g/mol. The molecule has 2 N–H and O–H groups in total. The van der Waals surface area contributed by atoms with E-state index in [1.54, 1.807) is 0 Å². The van der Waals surface area contributed by atoms with E-state index in [1.807, 2.05) is 0 Å². The smallest absolute Gasteiger partial charge is 0.492 e. The first-order valence-electron chi connectivity index (χ1n) is 4.36. The van der Waals surface area contributed by atoms with Crippen LogP contribution in [0.15, 0.2) is 12.1 Å². The van der Waals surface area contributed by atoms with E-state index in [1.165, 1.54) is 6.92 Å². The van der Waals surface area contributed by atoms with Gasteiger partial charge in [-0.15, -0.1) is 4.73 Å². The quantitative estimate of drug-likeness (QED) is 0.587. The van der Waals surface area contributed by atoms with E-state index in [0.29, 0.717) is 4.73 Å². The number of ether oxygens (including phenoxy) is 1. The van der Waals surface area contributed by atoms with E-state index < -0.39 is 24.0 Å². The first-order chi connectivity index (χ1) is 7.54. The summed E-state index contributed by atoms with van der Waals surface area (Å²) in [5.74, 6) is -0.875. The highest BCUT2D eigenvalue weighted by atomic mass is 16.8. The number of rotatable bonds is 3. The second-order valence-corrected chi connectivity index (χ2v) is 2.95. The lowest BCUT2D eigenvalue weighted by Gasteiger charge is -2.09. The van der Waals surface area contributed by atoms with Crippen molar-refractivity contribution in [2.45, 2.75) is 13.0 Å². The Labute approximate surface area is 91.2 Å². The van der Waals surface area contributed by atoms with Crippen LogP contribution in [0.4, 0.5) is 4.79 Å². The van der Waals surface area contributed by atoms with Gasteiger partial charge >= 0.3 is 6.16 Å². The predicted molar refractivity (Wildman–Crippen MR) is 51.8 cm³/mol. The lowest BCUT2D eigenvalue weighted by atomic mass is 10.4. The molecule has 0 bridgehead atoms. The molecule has 0 saturated carbocycles. The lowest BCUT2D eigenvalue weighted by Crippen LogP contribution is -2.25. The molecule has 7 nitrogen and oxygen atoms in total. The number of aromatic hydroxyl groups is 2. The van der Waals surface area contributed by atoms with E-state index in [2.05, 4.69) is 14.4 Å². The summed E-state index contributed by atoms with van der Waals surface area (Å²) in [7, 11) is 0. The fourth-order valence-corrected chi connectivity index (χ4v) is 0.921. The zero-order valence-electron chi connectivity index (χ0n) is 8.45. The van der Waals surface area contributed by atoms with E-state index in [4.69, 9.17) is 16.8 Å². The molecule has 1 atom stereocenters. The van der Waals surface area contributed by atoms with Gasteiger partial charge in [0.15, 0.2) is 6.10 Å². The largest absolute Gasteiger partial charge is 0.534 e. The lowest BCUT2D eigenvalue weighted by molar-refractivity contribution is 0.0178. The highest BCUT2D eigenvalue weighted by Gasteiger charge is 2.17. The van der Waals surface area contributed by atoms with Gasteiger partial charge in [-0.2, -0.15) is 0 Å². The molecule has 0 spiro atoms. The summed E-state index contributed by atoms with van der Waals surface area (Å²) in [5.41, 5.74) is 0. The van der Waals surface area contributed by atoms with Crippen molar-refractivity contribution in [2.75, 3.05) is 6.54 Å². The van der Waals surface area contributed by atoms with Crippen molar-refractivity contribution in [3.63, 3.8) is 0 Å². The Balaban J connectivity index is 2.56. The molecule has 0 aliphatic carbocycles. The number of nitrogens with zero attached hydrogens (tertiary/aromatic N) is 2. The molecule has 0 aliphatic heterocycles. The Morgan fingerprint density at radius 2 is 2.12 bits per heavy atom. The molecule has 86 valence electrons. The van der Waals surface area contributed by atoms with Gasteiger partial charge in [0.05, 0.1) is 0 Å². The molecule has 0 fully saturated rings. The monoisotopic (exact) mass is 226 g/mol. The predicted octanol–water partition coefficient (Wildman–Crippen LogP) is 0.772. The number of hydrogen-bond donors (Lipinski definition) is 2. The highest BCUT2D eigenvalue weighted by molar-refractivity contribution is 5.60. The van der Waals surface area contributed by atoms with Crippen LogP contribution in [0, 0.1) is 6.57 Å². The molecule has 0 amide bonds. The van der Waals surface area contributed by atoms with Gasteiger partial charge < -0.3 is 19.8 Å². The van der Waals surface area contributed by atoms with Crippen LogP contribution in [0.1, 0.15) is 6.92 Å². The van der Waals surface area contributed by atoms with Crippen molar-refractivity contribution < 1.29 is 24.6 Å². The van der Waals surface area contributed by atoms with E-state index in [0.717, 1.165) is 12.1 Å². The summed E-state index contributed by atoms with van der Waals surface area (Å²) in [6.07, 6.45) is -1.73. The molecule has 7 heteroatoms. The van der Waals surface area contributed by atoms with Crippen molar-refractivity contribution in [1.82, 2.24) is 4.73 Å². The third-order valence-electron chi connectivity index (χ3n) is 1.61. The summed E-state index contributed by atoms with van der Waals surface area (Å²) >= 11 is 0. The second-order valence-electron chi connectivity index (χ2n) is 2.95. The van der Waals surface area contributed by atoms with Gasteiger partial charge in [0.25, 0.3) is 6.54 Å². The summed E-state index contributed by atoms with van der Waals surface area (Å²) < 4.78 is 5.16. The standard InChI is InChI=1S/C9H10N2O5/c1-6(5-10-2)15-9(14)16-11-7(12)3-4-8(11)13/h3-4,6,12-13H,5H2,1H3. The third kappa shape index (κ3) is 2.81. The first kappa shape index (κ1) is 11.7. The van der Waals surface area contributed by atoms with Crippen LogP contribution in [0.25, 0.3) is 4.85 Å². The van der Waals surface area contributed by atoms with Crippen LogP contribution in [-0.4, -0.2) is 33.7 Å². The number of carbonyl (C=O) groups is 1. The Bertz CT molecular complexity index is 401. The van der Waals surface area contributed by atoms with Gasteiger partial charge in [0.1, 0.15) is 0 Å². The molecular weight excluding hydrogens is 216 g/mol. The summed E-state index contributed by atoms with van der Waals surface area (Å²) in [6.45, 7) is 8.08. The van der Waals surface area contributed by atoms with E-state index >= 15 is 0 Å². The molecule has 0 saturated heterocycles. The van der Waals surface area contributed by atoms with Crippen LogP contribution >= 0.6 is 0 Å². The zero-order chi connectivity index (χ0) is 12.1. The van der Waals surface area contributed by atoms with Crippen LogP contribution < -0.4 is 4.84 Å². The first-order valence-corrected chi connectivity index (χ1v) is 4.36. The Kier molecular flexibility index (Phi) is 3.61. The maximum absolute atomic E-state index is 11.1.